The van der Waals surface area contributed by atoms with E-state index in [9.17, 15) is 0 Å². The van der Waals surface area contributed by atoms with Crippen molar-refractivity contribution in [3.8, 4) is 39.3 Å². The van der Waals surface area contributed by atoms with Gasteiger partial charge in [0.15, 0.2) is 0 Å². The molecule has 0 radical (unpaired) electrons. The van der Waals surface area contributed by atoms with Gasteiger partial charge < -0.3 is 13.7 Å². The summed E-state index contributed by atoms with van der Waals surface area (Å²) < 4.78 is 92.1. The van der Waals surface area contributed by atoms with Crippen molar-refractivity contribution >= 4 is 65.4 Å². The van der Waals surface area contributed by atoms with Crippen molar-refractivity contribution in [3.05, 3.63) is 245 Å². The molecule has 0 aliphatic rings. The molecule has 0 aliphatic carbocycles. The Balaban J connectivity index is 0.000000186. The quantitative estimate of drug-likeness (QED) is 0.163. The molecule has 0 amide bonds. The van der Waals surface area contributed by atoms with Gasteiger partial charge in [-0.1, -0.05) is 270 Å². The van der Waals surface area contributed by atoms with Crippen molar-refractivity contribution < 1.29 is 13.7 Å². The van der Waals surface area contributed by atoms with Crippen LogP contribution in [0.15, 0.2) is 212 Å². The molecule has 0 unspecified atom stereocenters. The minimum Gasteiger partial charge on any atom is -0.309 e. The van der Waals surface area contributed by atoms with Gasteiger partial charge in [-0.15, -0.1) is 0 Å². The summed E-state index contributed by atoms with van der Waals surface area (Å²) in [4.78, 5) is 0. The molecule has 0 N–H and O–H groups in total. The Hall–Kier alpha value is -8.40. The van der Waals surface area contributed by atoms with Crippen LogP contribution < -0.4 is 0 Å². The molecule has 87 heavy (non-hydrogen) atoms. The van der Waals surface area contributed by atoms with Gasteiger partial charge in [0.05, 0.1) is 46.8 Å². The van der Waals surface area contributed by atoms with Crippen LogP contribution in [0.5, 0.6) is 0 Å². The van der Waals surface area contributed by atoms with Crippen LogP contribution >= 0.6 is 0 Å². The molecule has 440 valence electrons. The zero-order chi connectivity index (χ0) is 70.6. The molecule has 0 bridgehead atoms. The number of hydrogen-bond acceptors (Lipinski definition) is 0. The fourth-order valence-corrected chi connectivity index (χ4v) is 12.7. The second kappa shape index (κ2) is 21.2. The van der Waals surface area contributed by atoms with Gasteiger partial charge in [-0.3, -0.25) is 0 Å². The van der Waals surface area contributed by atoms with E-state index in [0.717, 1.165) is 27.1 Å². The fraction of sp³-hybridized carbons (Fsp3) is 0.286. The van der Waals surface area contributed by atoms with E-state index in [1.807, 2.05) is 75.4 Å². The van der Waals surface area contributed by atoms with Gasteiger partial charge in [0, 0.05) is 54.9 Å². The van der Waals surface area contributed by atoms with Crippen LogP contribution in [0.25, 0.3) is 105 Å². The van der Waals surface area contributed by atoms with Gasteiger partial charge in [-0.05, 0) is 149 Å². The summed E-state index contributed by atoms with van der Waals surface area (Å²) in [5, 5.41) is 5.82. The van der Waals surface area contributed by atoms with Gasteiger partial charge in [0.2, 0.25) is 0 Å². The zero-order valence-electron chi connectivity index (χ0n) is 64.3. The van der Waals surface area contributed by atoms with E-state index in [4.69, 9.17) is 13.7 Å². The van der Waals surface area contributed by atoms with Crippen molar-refractivity contribution in [1.82, 2.24) is 13.7 Å². The largest absolute Gasteiger partial charge is 0.309 e. The third-order valence-corrected chi connectivity index (χ3v) is 17.4. The van der Waals surface area contributed by atoms with Crippen LogP contribution in [0.2, 0.25) is 0 Å². The molecule has 13 aromatic rings. The number of rotatable bonds is 5. The second-order valence-corrected chi connectivity index (χ2v) is 30.1. The lowest BCUT2D eigenvalue weighted by Crippen LogP contribution is -2.16. The van der Waals surface area contributed by atoms with E-state index in [1.54, 1.807) is 9.13 Å². The van der Waals surface area contributed by atoms with E-state index in [1.165, 1.54) is 77.6 Å². The Morgan fingerprint density at radius 2 is 0.598 bits per heavy atom. The minimum absolute atomic E-state index is 0.00696. The second-order valence-electron chi connectivity index (χ2n) is 30.1. The van der Waals surface area contributed by atoms with Crippen LogP contribution in [-0.2, 0) is 32.5 Å². The Kier molecular flexibility index (Phi) is 11.6. The first-order chi connectivity index (χ1) is 45.1. The summed E-state index contributed by atoms with van der Waals surface area (Å²) in [7, 11) is 0. The first kappa shape index (κ1) is 47.7. The van der Waals surface area contributed by atoms with Crippen molar-refractivity contribution in [3.63, 3.8) is 0 Å². The predicted octanol–water partition coefficient (Wildman–Crippen LogP) is 23.8. The molecule has 0 spiro atoms. The van der Waals surface area contributed by atoms with E-state index >= 15 is 0 Å². The monoisotopic (exact) mass is 1150 g/mol. The summed E-state index contributed by atoms with van der Waals surface area (Å²) in [6.07, 6.45) is 0. The van der Waals surface area contributed by atoms with Crippen molar-refractivity contribution in [2.75, 3.05) is 0 Å². The number of fused-ring (bicyclic) bond motifs is 9. The standard InChI is InChI=1S/C50H61N.C34H28N2/c1-46(2,3)36-24-34(25-37(30-36)47(4,5)6)32-23-33(35-26-38(48(7,8)9)31-39(27-35)49(10,11)12)29-40(28-32)51-44-22-17-16-19-41(44)42-20-18-21-43(45(42)51)50(13,14)15;1-34(2,3)31-32-27(25-18-10-12-20-29(25)35(32)23-14-6-4-7-15-23)22-28-26-19-11-13-21-30(26)36(33(28)31)24-16-8-5-9-17-24/h16-31H,1-15H3;4-22H,1-3H3/i;4D,5D,6D,7D,8D,9D,14D,15D,16D,17D. The molecule has 3 aromatic heterocycles. The Morgan fingerprint density at radius 1 is 0.264 bits per heavy atom. The van der Waals surface area contributed by atoms with Crippen LogP contribution in [0, 0.1) is 0 Å². The zero-order valence-corrected chi connectivity index (χ0v) is 54.3. The third kappa shape index (κ3) is 10.8. The van der Waals surface area contributed by atoms with Gasteiger partial charge in [-0.25, -0.2) is 0 Å². The molecule has 13 rings (SSSR count). The SMILES string of the molecule is CC(C)(C)c1cc(-c2cc(-c3cc(C(C)(C)C)cc(C(C)(C)C)c3)cc(-n3c4ccccc4c4cccc(C(C)(C)C)c43)c2)cc(C(C)(C)C)c1.[2H]c1c([2H])c([2H])c(-n2c3ccccc3c3cc4c5ccccc5n(-c5c([2H])c([2H])c([2H])c([2H])c5[2H])c4c(C(C)(C)C)c32)c([2H])c1[2H]. The lowest BCUT2D eigenvalue weighted by molar-refractivity contribution is 0.568. The number of para-hydroxylation sites is 6. The fourth-order valence-electron chi connectivity index (χ4n) is 12.7. The Morgan fingerprint density at radius 3 is 0.954 bits per heavy atom. The highest BCUT2D eigenvalue weighted by Gasteiger charge is 2.31. The average Bonchev–Trinajstić information content (AvgIpc) is 1.54. The van der Waals surface area contributed by atoms with E-state index in [0.29, 0.717) is 22.1 Å². The predicted molar refractivity (Wildman–Crippen MR) is 379 cm³/mol. The maximum absolute atomic E-state index is 8.93. The molecule has 3 heterocycles. The molecule has 3 nitrogen and oxygen atoms in total. The summed E-state index contributed by atoms with van der Waals surface area (Å²) >= 11 is 0. The molecule has 0 saturated heterocycles. The molecule has 0 aliphatic heterocycles. The topological polar surface area (TPSA) is 14.8 Å². The summed E-state index contributed by atoms with van der Waals surface area (Å²) in [6, 6.07) is 50.7. The van der Waals surface area contributed by atoms with Crippen molar-refractivity contribution in [1.29, 1.82) is 0 Å². The molecule has 0 fully saturated rings. The molecule has 0 saturated carbocycles. The third-order valence-electron chi connectivity index (χ3n) is 17.4. The normalized spacial score (nSPS) is 14.6. The van der Waals surface area contributed by atoms with E-state index < -0.39 is 41.7 Å². The molecule has 0 atom stereocenters. The maximum atomic E-state index is 8.93. The van der Waals surface area contributed by atoms with Crippen molar-refractivity contribution in [2.45, 2.75) is 157 Å². The average molecular weight is 1150 g/mol. The highest BCUT2D eigenvalue weighted by Crippen LogP contribution is 2.48. The van der Waals surface area contributed by atoms with E-state index in [-0.39, 0.29) is 62.6 Å². The highest BCUT2D eigenvalue weighted by atomic mass is 15.0. The lowest BCUT2D eigenvalue weighted by atomic mass is 9.78. The summed E-state index contributed by atoms with van der Waals surface area (Å²) in [5.41, 5.74) is 18.3. The van der Waals surface area contributed by atoms with Crippen LogP contribution in [0.4, 0.5) is 0 Å². The molecule has 10 aromatic carbocycles. The number of benzene rings is 10. The summed E-state index contributed by atoms with van der Waals surface area (Å²) in [6.45, 7) is 41.0. The molecular formula is C84H89N3. The van der Waals surface area contributed by atoms with Crippen LogP contribution in [0.3, 0.4) is 0 Å². The van der Waals surface area contributed by atoms with Crippen molar-refractivity contribution in [2.24, 2.45) is 0 Å². The summed E-state index contributed by atoms with van der Waals surface area (Å²) in [5.74, 6) is 0. The van der Waals surface area contributed by atoms with Gasteiger partial charge in [-0.2, -0.15) is 0 Å². The Labute approximate surface area is 532 Å². The highest BCUT2D eigenvalue weighted by molar-refractivity contribution is 6.21. The van der Waals surface area contributed by atoms with Crippen LogP contribution in [-0.4, -0.2) is 13.7 Å². The number of nitrogens with zero attached hydrogens (tertiary/aromatic N) is 3. The first-order valence-electron chi connectivity index (χ1n) is 35.8. The number of hydrogen-bond donors (Lipinski definition) is 0. The van der Waals surface area contributed by atoms with Crippen LogP contribution in [0.1, 0.15) is 172 Å². The van der Waals surface area contributed by atoms with Gasteiger partial charge in [0.25, 0.3) is 0 Å². The van der Waals surface area contributed by atoms with E-state index in [2.05, 4.69) is 205 Å². The first-order valence-corrected chi connectivity index (χ1v) is 30.8. The Bertz CT molecular complexity index is 5020. The molecular weight excluding hydrogens is 1050 g/mol. The maximum Gasteiger partial charge on any atom is 0.0645 e. The lowest BCUT2D eigenvalue weighted by Gasteiger charge is -2.27. The smallest absolute Gasteiger partial charge is 0.0645 e. The van der Waals surface area contributed by atoms with Gasteiger partial charge in [0.1, 0.15) is 0 Å². The van der Waals surface area contributed by atoms with Gasteiger partial charge >= 0.3 is 0 Å². The minimum atomic E-state index is -0.656. The molecule has 3 heteroatoms. The number of aromatic nitrogens is 3.